The zero-order valence-corrected chi connectivity index (χ0v) is 11.1. The Hall–Kier alpha value is -1.76. The van der Waals surface area contributed by atoms with E-state index in [-0.39, 0.29) is 11.0 Å². The number of nitrogens with one attached hydrogen (secondary N) is 1. The second kappa shape index (κ2) is 4.41. The lowest BCUT2D eigenvalue weighted by Crippen LogP contribution is -2.25. The summed E-state index contributed by atoms with van der Waals surface area (Å²) in [6.07, 6.45) is 1.43. The fraction of sp³-hybridized carbons (Fsp3) is 0.417. The predicted octanol–water partition coefficient (Wildman–Crippen LogP) is 1.40. The first-order chi connectivity index (χ1) is 9.04. The van der Waals surface area contributed by atoms with E-state index in [0.29, 0.717) is 35.8 Å². The van der Waals surface area contributed by atoms with Gasteiger partial charge in [0.2, 0.25) is 0 Å². The molecule has 2 heterocycles. The Morgan fingerprint density at radius 3 is 3.05 bits per heavy atom. The molecule has 7 heteroatoms. The summed E-state index contributed by atoms with van der Waals surface area (Å²) in [5.41, 5.74) is 7.55. The molecule has 6 nitrogen and oxygen atoms in total. The van der Waals surface area contributed by atoms with E-state index in [2.05, 4.69) is 10.3 Å². The van der Waals surface area contributed by atoms with Crippen LogP contribution in [0.25, 0.3) is 11.1 Å². The monoisotopic (exact) mass is 281 g/mol. The largest absolute Gasteiger partial charge is 0.423 e. The second-order valence-corrected chi connectivity index (χ2v) is 7.16. The summed E-state index contributed by atoms with van der Waals surface area (Å²) in [6.45, 7) is 0.338. The van der Waals surface area contributed by atoms with E-state index >= 15 is 0 Å². The number of nitrogens with zero attached hydrogens (tertiary/aromatic N) is 1. The van der Waals surface area contributed by atoms with Crippen LogP contribution in [0.1, 0.15) is 12.8 Å². The maximum Gasteiger partial charge on any atom is 0.295 e. The molecule has 1 unspecified atom stereocenters. The zero-order valence-electron chi connectivity index (χ0n) is 10.3. The van der Waals surface area contributed by atoms with Crippen LogP contribution in [0.5, 0.6) is 0 Å². The molecule has 0 aliphatic carbocycles. The number of nitrogen functional groups attached to an aromatic ring is 1. The van der Waals surface area contributed by atoms with Gasteiger partial charge in [0.15, 0.2) is 15.4 Å². The number of benzene rings is 1. The molecule has 1 aromatic heterocycles. The predicted molar refractivity (Wildman–Crippen MR) is 73.7 cm³/mol. The average Bonchev–Trinajstić information content (AvgIpc) is 2.88. The molecule has 3 N–H and O–H groups in total. The van der Waals surface area contributed by atoms with Gasteiger partial charge in [-0.1, -0.05) is 0 Å². The molecular formula is C12H15N3O3S. The van der Waals surface area contributed by atoms with E-state index in [9.17, 15) is 8.42 Å². The van der Waals surface area contributed by atoms with E-state index < -0.39 is 9.84 Å². The Labute approximate surface area is 110 Å². The van der Waals surface area contributed by atoms with Crippen LogP contribution in [0, 0.1) is 0 Å². The van der Waals surface area contributed by atoms with Crippen molar-refractivity contribution in [1.82, 2.24) is 4.98 Å². The first-order valence-corrected chi connectivity index (χ1v) is 7.88. The molecule has 0 spiro atoms. The average molecular weight is 281 g/mol. The molecule has 1 fully saturated rings. The van der Waals surface area contributed by atoms with Crippen LogP contribution in [-0.2, 0) is 9.84 Å². The van der Waals surface area contributed by atoms with Crippen molar-refractivity contribution in [2.75, 3.05) is 23.3 Å². The second-order valence-electron chi connectivity index (χ2n) is 4.76. The minimum Gasteiger partial charge on any atom is -0.423 e. The van der Waals surface area contributed by atoms with Crippen LogP contribution in [0.4, 0.5) is 11.7 Å². The molecule has 0 amide bonds. The zero-order chi connectivity index (χ0) is 13.5. The fourth-order valence-electron chi connectivity index (χ4n) is 2.31. The summed E-state index contributed by atoms with van der Waals surface area (Å²) in [4.78, 5) is 4.23. The Balaban J connectivity index is 1.75. The molecule has 1 aromatic carbocycles. The third-order valence-electron chi connectivity index (χ3n) is 3.36. The van der Waals surface area contributed by atoms with Crippen molar-refractivity contribution in [3.05, 3.63) is 18.2 Å². The van der Waals surface area contributed by atoms with Gasteiger partial charge in [0, 0.05) is 18.3 Å². The summed E-state index contributed by atoms with van der Waals surface area (Å²) in [6, 6.07) is 5.55. The quantitative estimate of drug-likeness (QED) is 0.825. The number of hydrogen-bond acceptors (Lipinski definition) is 6. The highest BCUT2D eigenvalue weighted by Crippen LogP contribution is 2.23. The normalized spacial score (nSPS) is 21.8. The third-order valence-corrected chi connectivity index (χ3v) is 5.63. The fourth-order valence-corrected chi connectivity index (χ4v) is 4.07. The summed E-state index contributed by atoms with van der Waals surface area (Å²) in [5.74, 6) is 0.281. The lowest BCUT2D eigenvalue weighted by atomic mass is 10.2. The van der Waals surface area contributed by atoms with Gasteiger partial charge in [-0.25, -0.2) is 8.42 Å². The van der Waals surface area contributed by atoms with Gasteiger partial charge in [-0.05, 0) is 25.0 Å². The number of rotatable bonds is 3. The molecule has 0 bridgehead atoms. The Morgan fingerprint density at radius 1 is 1.47 bits per heavy atom. The molecule has 1 aliphatic rings. The van der Waals surface area contributed by atoms with E-state index in [1.54, 1.807) is 18.2 Å². The molecule has 19 heavy (non-hydrogen) atoms. The minimum atomic E-state index is -2.95. The van der Waals surface area contributed by atoms with Crippen molar-refractivity contribution < 1.29 is 12.8 Å². The molecule has 2 aromatic rings. The van der Waals surface area contributed by atoms with Crippen molar-refractivity contribution in [2.24, 2.45) is 0 Å². The molecule has 0 saturated carbocycles. The topological polar surface area (TPSA) is 98.2 Å². The maximum atomic E-state index is 11.7. The van der Waals surface area contributed by atoms with Crippen LogP contribution in [-0.4, -0.2) is 30.9 Å². The number of aromatic nitrogens is 1. The summed E-state index contributed by atoms with van der Waals surface area (Å²) in [5, 5.41) is 2.61. The van der Waals surface area contributed by atoms with Gasteiger partial charge in [0.25, 0.3) is 6.01 Å². The number of anilines is 2. The Morgan fingerprint density at radius 2 is 2.32 bits per heavy atom. The molecular weight excluding hydrogens is 266 g/mol. The van der Waals surface area contributed by atoms with Gasteiger partial charge >= 0.3 is 0 Å². The lowest BCUT2D eigenvalue weighted by Gasteiger charge is -2.08. The molecule has 3 rings (SSSR count). The Kier molecular flexibility index (Phi) is 2.85. The highest BCUT2D eigenvalue weighted by molar-refractivity contribution is 7.92. The highest BCUT2D eigenvalue weighted by Gasteiger charge is 2.31. The molecule has 1 saturated heterocycles. The summed E-state index contributed by atoms with van der Waals surface area (Å²) < 4.78 is 28.9. The van der Waals surface area contributed by atoms with Crippen molar-refractivity contribution in [3.8, 4) is 0 Å². The minimum absolute atomic E-state index is 0.281. The van der Waals surface area contributed by atoms with Crippen LogP contribution in [0.15, 0.2) is 22.6 Å². The molecule has 102 valence electrons. The van der Waals surface area contributed by atoms with E-state index in [0.717, 1.165) is 6.42 Å². The van der Waals surface area contributed by atoms with Crippen LogP contribution in [0.2, 0.25) is 0 Å². The van der Waals surface area contributed by atoms with Crippen LogP contribution >= 0.6 is 0 Å². The van der Waals surface area contributed by atoms with Gasteiger partial charge in [-0.2, -0.15) is 4.98 Å². The number of hydrogen-bond donors (Lipinski definition) is 2. The van der Waals surface area contributed by atoms with Gasteiger partial charge in [0.05, 0.1) is 11.0 Å². The third kappa shape index (κ3) is 2.37. The highest BCUT2D eigenvalue weighted by atomic mass is 32.2. The number of sulfone groups is 1. The van der Waals surface area contributed by atoms with E-state index in [4.69, 9.17) is 10.2 Å². The number of nitrogens with two attached hydrogens (primary N) is 1. The maximum absolute atomic E-state index is 11.7. The molecule has 1 aliphatic heterocycles. The standard InChI is InChI=1S/C12H15N3O3S/c13-8-3-4-10-11(6-8)18-12(15-10)14-7-9-2-1-5-19(9,16)17/h3-4,6,9H,1-2,5,7,13H2,(H,14,15). The molecule has 1 atom stereocenters. The summed E-state index contributed by atoms with van der Waals surface area (Å²) in [7, 11) is -2.95. The van der Waals surface area contributed by atoms with E-state index in [1.807, 2.05) is 0 Å². The van der Waals surface area contributed by atoms with Gasteiger partial charge in [0.1, 0.15) is 5.52 Å². The number of fused-ring (bicyclic) bond motifs is 1. The lowest BCUT2D eigenvalue weighted by molar-refractivity contribution is 0.587. The molecule has 0 radical (unpaired) electrons. The Bertz CT molecular complexity index is 708. The number of oxazole rings is 1. The van der Waals surface area contributed by atoms with Crippen molar-refractivity contribution >= 4 is 32.6 Å². The van der Waals surface area contributed by atoms with Gasteiger partial charge in [-0.15, -0.1) is 0 Å². The first-order valence-electron chi connectivity index (χ1n) is 6.16. The van der Waals surface area contributed by atoms with Gasteiger partial charge < -0.3 is 15.5 Å². The van der Waals surface area contributed by atoms with Crippen molar-refractivity contribution in [3.63, 3.8) is 0 Å². The summed E-state index contributed by atoms with van der Waals surface area (Å²) >= 11 is 0. The van der Waals surface area contributed by atoms with Gasteiger partial charge in [-0.3, -0.25) is 0 Å². The van der Waals surface area contributed by atoms with Crippen LogP contribution in [0.3, 0.4) is 0 Å². The smallest absolute Gasteiger partial charge is 0.295 e. The van der Waals surface area contributed by atoms with Crippen molar-refractivity contribution in [2.45, 2.75) is 18.1 Å². The van der Waals surface area contributed by atoms with Crippen molar-refractivity contribution in [1.29, 1.82) is 0 Å². The van der Waals surface area contributed by atoms with E-state index in [1.165, 1.54) is 0 Å². The SMILES string of the molecule is Nc1ccc2nc(NCC3CCCS3(=O)=O)oc2c1. The first kappa shape index (κ1) is 12.3. The van der Waals surface area contributed by atoms with Crippen LogP contribution < -0.4 is 11.1 Å².